The highest BCUT2D eigenvalue weighted by Crippen LogP contribution is 2.30. The van der Waals surface area contributed by atoms with E-state index < -0.39 is 15.8 Å². The number of nitro groups is 2. The fraction of sp³-hybridized carbons (Fsp3) is 0.0417. The van der Waals surface area contributed by atoms with Crippen molar-refractivity contribution < 1.29 is 14.6 Å². The Hall–Kier alpha value is -4.77. The maximum atomic E-state index is 13.1. The standard InChI is InChI=1S/C24H17N5O5S/c1-16-5-11-21-22(13-16)35-24(26-21)27(25-15-18-6-9-19(10-7-18)28(31)32)23(30)12-8-17-3-2-4-20(14-17)29(33)34/h2-15H,1H3/b12-8+,25-15+. The summed E-state index contributed by atoms with van der Waals surface area (Å²) in [5.41, 5.74) is 2.64. The summed E-state index contributed by atoms with van der Waals surface area (Å²) in [6.07, 6.45) is 4.12. The third-order valence-electron chi connectivity index (χ3n) is 4.85. The first-order valence-corrected chi connectivity index (χ1v) is 11.0. The van der Waals surface area contributed by atoms with E-state index in [9.17, 15) is 25.0 Å². The molecule has 0 saturated carbocycles. The van der Waals surface area contributed by atoms with Crippen molar-refractivity contribution in [3.8, 4) is 0 Å². The third-order valence-corrected chi connectivity index (χ3v) is 5.84. The number of carbonyl (C=O) groups excluding carboxylic acids is 1. The van der Waals surface area contributed by atoms with Crippen molar-refractivity contribution in [2.24, 2.45) is 5.10 Å². The molecule has 1 heterocycles. The van der Waals surface area contributed by atoms with Gasteiger partial charge < -0.3 is 0 Å². The van der Waals surface area contributed by atoms with E-state index in [0.717, 1.165) is 15.3 Å². The molecule has 1 amide bonds. The van der Waals surface area contributed by atoms with E-state index in [1.165, 1.54) is 72.2 Å². The molecule has 0 unspecified atom stereocenters. The van der Waals surface area contributed by atoms with Crippen LogP contribution in [0, 0.1) is 27.2 Å². The lowest BCUT2D eigenvalue weighted by Gasteiger charge is -2.11. The molecule has 0 saturated heterocycles. The molecule has 0 radical (unpaired) electrons. The SMILES string of the molecule is Cc1ccc2nc(N(/N=C/c3ccc([N+](=O)[O-])cc3)C(=O)/C=C/c3cccc([N+](=O)[O-])c3)sc2c1. The second-order valence-corrected chi connectivity index (χ2v) is 8.41. The number of non-ortho nitro benzene ring substituents is 2. The van der Waals surface area contributed by atoms with Crippen molar-refractivity contribution in [3.63, 3.8) is 0 Å². The number of aryl methyl sites for hydroxylation is 1. The van der Waals surface area contributed by atoms with Gasteiger partial charge in [-0.05, 0) is 54.0 Å². The number of nitro benzene ring substituents is 2. The van der Waals surface area contributed by atoms with Crippen LogP contribution in [-0.2, 0) is 4.79 Å². The largest absolute Gasteiger partial charge is 0.273 e. The Labute approximate surface area is 202 Å². The summed E-state index contributed by atoms with van der Waals surface area (Å²) in [6, 6.07) is 17.3. The molecule has 4 aromatic rings. The number of hydrogen-bond donors (Lipinski definition) is 0. The van der Waals surface area contributed by atoms with Crippen molar-refractivity contribution >= 4 is 56.3 Å². The minimum Gasteiger partial charge on any atom is -0.267 e. The summed E-state index contributed by atoms with van der Waals surface area (Å²) in [5, 5.41) is 27.6. The van der Waals surface area contributed by atoms with Gasteiger partial charge in [-0.2, -0.15) is 10.1 Å². The van der Waals surface area contributed by atoms with Gasteiger partial charge in [-0.3, -0.25) is 25.0 Å². The van der Waals surface area contributed by atoms with Gasteiger partial charge in [-0.1, -0.05) is 29.5 Å². The highest BCUT2D eigenvalue weighted by atomic mass is 32.1. The number of amides is 1. The average Bonchev–Trinajstić information content (AvgIpc) is 3.26. The van der Waals surface area contributed by atoms with Crippen LogP contribution in [0.5, 0.6) is 0 Å². The van der Waals surface area contributed by atoms with E-state index in [0.29, 0.717) is 21.8 Å². The van der Waals surface area contributed by atoms with Gasteiger partial charge >= 0.3 is 0 Å². The number of hydrazone groups is 1. The van der Waals surface area contributed by atoms with E-state index in [2.05, 4.69) is 10.1 Å². The van der Waals surface area contributed by atoms with E-state index in [-0.39, 0.29) is 11.4 Å². The van der Waals surface area contributed by atoms with Gasteiger partial charge in [-0.25, -0.2) is 4.98 Å². The summed E-state index contributed by atoms with van der Waals surface area (Å²) in [5.74, 6) is -0.523. The van der Waals surface area contributed by atoms with E-state index in [4.69, 9.17) is 0 Å². The number of hydrogen-bond acceptors (Lipinski definition) is 8. The van der Waals surface area contributed by atoms with Crippen molar-refractivity contribution in [2.45, 2.75) is 6.92 Å². The van der Waals surface area contributed by atoms with Crippen LogP contribution in [0.3, 0.4) is 0 Å². The molecule has 35 heavy (non-hydrogen) atoms. The number of nitrogens with zero attached hydrogens (tertiary/aromatic N) is 5. The van der Waals surface area contributed by atoms with Crippen molar-refractivity contribution in [1.82, 2.24) is 4.98 Å². The highest BCUT2D eigenvalue weighted by Gasteiger charge is 2.18. The second-order valence-electron chi connectivity index (χ2n) is 7.40. The Balaban J connectivity index is 1.67. The van der Waals surface area contributed by atoms with Gasteiger partial charge in [0.25, 0.3) is 17.3 Å². The summed E-state index contributed by atoms with van der Waals surface area (Å²) in [6.45, 7) is 1.95. The molecule has 0 N–H and O–H groups in total. The van der Waals surface area contributed by atoms with Gasteiger partial charge in [0.1, 0.15) is 0 Å². The normalized spacial score (nSPS) is 11.3. The summed E-state index contributed by atoms with van der Waals surface area (Å²) >= 11 is 1.29. The van der Waals surface area contributed by atoms with Crippen molar-refractivity contribution in [2.75, 3.05) is 5.01 Å². The topological polar surface area (TPSA) is 132 Å². The van der Waals surface area contributed by atoms with Gasteiger partial charge in [-0.15, -0.1) is 0 Å². The zero-order valence-corrected chi connectivity index (χ0v) is 19.1. The van der Waals surface area contributed by atoms with Crippen LogP contribution in [0.2, 0.25) is 0 Å². The van der Waals surface area contributed by atoms with Crippen LogP contribution in [-0.4, -0.2) is 27.0 Å². The molecule has 3 aromatic carbocycles. The molecule has 4 rings (SSSR count). The number of aromatic nitrogens is 1. The lowest BCUT2D eigenvalue weighted by molar-refractivity contribution is -0.385. The van der Waals surface area contributed by atoms with Crippen LogP contribution in [0.15, 0.2) is 77.9 Å². The fourth-order valence-corrected chi connectivity index (χ4v) is 4.12. The monoisotopic (exact) mass is 487 g/mol. The first kappa shape index (κ1) is 23.4. The Morgan fingerprint density at radius 1 is 0.971 bits per heavy atom. The molecule has 11 heteroatoms. The molecule has 0 aliphatic rings. The van der Waals surface area contributed by atoms with E-state index >= 15 is 0 Å². The van der Waals surface area contributed by atoms with E-state index in [1.54, 1.807) is 6.07 Å². The zero-order chi connectivity index (χ0) is 24.9. The molecule has 0 bridgehead atoms. The smallest absolute Gasteiger partial charge is 0.267 e. The molecule has 0 aliphatic heterocycles. The number of rotatable bonds is 7. The number of carbonyl (C=O) groups is 1. The van der Waals surface area contributed by atoms with Crippen LogP contribution >= 0.6 is 11.3 Å². The molecule has 10 nitrogen and oxygen atoms in total. The number of anilines is 1. The minimum absolute atomic E-state index is 0.0588. The number of thiazole rings is 1. The molecule has 0 spiro atoms. The first-order valence-electron chi connectivity index (χ1n) is 10.2. The Morgan fingerprint density at radius 3 is 2.43 bits per heavy atom. The molecule has 174 valence electrons. The third kappa shape index (κ3) is 5.60. The van der Waals surface area contributed by atoms with Crippen LogP contribution < -0.4 is 5.01 Å². The van der Waals surface area contributed by atoms with Gasteiger partial charge in [0.2, 0.25) is 5.13 Å². The maximum absolute atomic E-state index is 13.1. The molecule has 0 atom stereocenters. The van der Waals surface area contributed by atoms with Gasteiger partial charge in [0, 0.05) is 30.3 Å². The van der Waals surface area contributed by atoms with Gasteiger partial charge in [0.05, 0.1) is 26.3 Å². The summed E-state index contributed by atoms with van der Waals surface area (Å²) < 4.78 is 0.881. The Kier molecular flexibility index (Phi) is 6.69. The van der Waals surface area contributed by atoms with E-state index in [1.807, 2.05) is 25.1 Å². The minimum atomic E-state index is -0.523. The second kappa shape index (κ2) is 10.0. The predicted octanol–water partition coefficient (Wildman–Crippen LogP) is 5.50. The van der Waals surface area contributed by atoms with Crippen LogP contribution in [0.25, 0.3) is 16.3 Å². The van der Waals surface area contributed by atoms with Crippen molar-refractivity contribution in [1.29, 1.82) is 0 Å². The molecular formula is C24H17N5O5S. The Bertz CT molecular complexity index is 1490. The first-order chi connectivity index (χ1) is 16.8. The molecular weight excluding hydrogens is 470 g/mol. The maximum Gasteiger partial charge on any atom is 0.273 e. The average molecular weight is 487 g/mol. The highest BCUT2D eigenvalue weighted by molar-refractivity contribution is 7.22. The predicted molar refractivity (Wildman–Crippen MR) is 135 cm³/mol. The molecule has 0 aliphatic carbocycles. The quantitative estimate of drug-likeness (QED) is 0.146. The molecule has 0 fully saturated rings. The lowest BCUT2D eigenvalue weighted by atomic mass is 10.2. The lowest BCUT2D eigenvalue weighted by Crippen LogP contribution is -2.23. The van der Waals surface area contributed by atoms with Crippen LogP contribution in [0.1, 0.15) is 16.7 Å². The van der Waals surface area contributed by atoms with Crippen molar-refractivity contribution in [3.05, 3.63) is 110 Å². The zero-order valence-electron chi connectivity index (χ0n) is 18.3. The Morgan fingerprint density at radius 2 is 1.71 bits per heavy atom. The molecule has 1 aromatic heterocycles. The summed E-state index contributed by atoms with van der Waals surface area (Å²) in [4.78, 5) is 38.5. The van der Waals surface area contributed by atoms with Crippen LogP contribution in [0.4, 0.5) is 16.5 Å². The number of benzene rings is 3. The summed E-state index contributed by atoms with van der Waals surface area (Å²) in [7, 11) is 0. The fourth-order valence-electron chi connectivity index (χ4n) is 3.10. The number of fused-ring (bicyclic) bond motifs is 1. The van der Waals surface area contributed by atoms with Gasteiger partial charge in [0.15, 0.2) is 0 Å².